The number of hydrogen-bond acceptors (Lipinski definition) is 3. The van der Waals surface area contributed by atoms with Crippen LogP contribution in [0.15, 0.2) is 18.2 Å². The molecule has 2 amide bonds. The molecule has 0 bridgehead atoms. The quantitative estimate of drug-likeness (QED) is 0.843. The molecule has 0 aliphatic carbocycles. The fourth-order valence-corrected chi connectivity index (χ4v) is 2.27. The smallest absolute Gasteiger partial charge is 0.256 e. The van der Waals surface area contributed by atoms with Crippen molar-refractivity contribution >= 4 is 17.5 Å². The molecule has 0 aromatic heterocycles. The van der Waals surface area contributed by atoms with Crippen LogP contribution in [0.3, 0.4) is 0 Å². The number of likely N-dealkylation sites (N-methyl/N-ethyl adjacent to an activating group) is 1. The molecule has 20 heavy (non-hydrogen) atoms. The van der Waals surface area contributed by atoms with Crippen molar-refractivity contribution in [1.29, 1.82) is 0 Å². The van der Waals surface area contributed by atoms with Crippen LogP contribution in [0.4, 0.5) is 10.1 Å². The van der Waals surface area contributed by atoms with Crippen LogP contribution in [-0.2, 0) is 4.79 Å². The van der Waals surface area contributed by atoms with Gasteiger partial charge in [-0.25, -0.2) is 4.39 Å². The number of anilines is 1. The highest BCUT2D eigenvalue weighted by atomic mass is 19.1. The van der Waals surface area contributed by atoms with Crippen molar-refractivity contribution in [2.24, 2.45) is 0 Å². The van der Waals surface area contributed by atoms with Crippen molar-refractivity contribution in [2.45, 2.75) is 12.8 Å². The number of benzene rings is 1. The SMILES string of the molecule is CN(CC(=O)N1CCCC1)C(=O)c1cccc(F)c1N. The highest BCUT2D eigenvalue weighted by Crippen LogP contribution is 2.17. The van der Waals surface area contributed by atoms with Crippen molar-refractivity contribution in [3.05, 3.63) is 29.6 Å². The molecule has 5 nitrogen and oxygen atoms in total. The molecule has 2 N–H and O–H groups in total. The van der Waals surface area contributed by atoms with E-state index in [1.165, 1.54) is 30.1 Å². The Hall–Kier alpha value is -2.11. The van der Waals surface area contributed by atoms with E-state index < -0.39 is 11.7 Å². The van der Waals surface area contributed by atoms with E-state index in [4.69, 9.17) is 5.73 Å². The van der Waals surface area contributed by atoms with Gasteiger partial charge in [0.2, 0.25) is 5.91 Å². The molecule has 0 unspecified atom stereocenters. The third-order valence-corrected chi connectivity index (χ3v) is 3.46. The van der Waals surface area contributed by atoms with Crippen molar-refractivity contribution < 1.29 is 14.0 Å². The standard InChI is InChI=1S/C14H18FN3O2/c1-17(9-12(19)18-7-2-3-8-18)14(20)10-5-4-6-11(15)13(10)16/h4-6H,2-3,7-9,16H2,1H3. The minimum Gasteiger partial charge on any atom is -0.396 e. The average molecular weight is 279 g/mol. The van der Waals surface area contributed by atoms with E-state index in [0.29, 0.717) is 0 Å². The van der Waals surface area contributed by atoms with E-state index in [9.17, 15) is 14.0 Å². The summed E-state index contributed by atoms with van der Waals surface area (Å²) in [5.41, 5.74) is 5.46. The molecule has 1 fully saturated rings. The Labute approximate surface area is 117 Å². The van der Waals surface area contributed by atoms with Gasteiger partial charge in [0.25, 0.3) is 5.91 Å². The van der Waals surface area contributed by atoms with Crippen LogP contribution in [0, 0.1) is 5.82 Å². The summed E-state index contributed by atoms with van der Waals surface area (Å²) in [6, 6.07) is 4.08. The van der Waals surface area contributed by atoms with Crippen molar-refractivity contribution in [1.82, 2.24) is 9.80 Å². The molecular formula is C14H18FN3O2. The second-order valence-corrected chi connectivity index (χ2v) is 4.95. The van der Waals surface area contributed by atoms with E-state index in [1.54, 1.807) is 4.90 Å². The summed E-state index contributed by atoms with van der Waals surface area (Å²) in [4.78, 5) is 27.2. The number of nitrogens with two attached hydrogens (primary N) is 1. The number of likely N-dealkylation sites (tertiary alicyclic amines) is 1. The molecule has 1 saturated heterocycles. The van der Waals surface area contributed by atoms with Crippen LogP contribution in [0.5, 0.6) is 0 Å². The van der Waals surface area contributed by atoms with Crippen molar-refractivity contribution in [2.75, 3.05) is 32.4 Å². The van der Waals surface area contributed by atoms with Gasteiger partial charge in [-0.3, -0.25) is 9.59 Å². The van der Waals surface area contributed by atoms with Gasteiger partial charge >= 0.3 is 0 Å². The molecule has 0 atom stereocenters. The zero-order valence-electron chi connectivity index (χ0n) is 11.4. The summed E-state index contributed by atoms with van der Waals surface area (Å²) in [5.74, 6) is -1.17. The number of para-hydroxylation sites is 1. The molecule has 1 aromatic rings. The maximum atomic E-state index is 13.3. The second kappa shape index (κ2) is 5.90. The second-order valence-electron chi connectivity index (χ2n) is 4.95. The Morgan fingerprint density at radius 3 is 2.65 bits per heavy atom. The summed E-state index contributed by atoms with van der Waals surface area (Å²) >= 11 is 0. The number of nitrogen functional groups attached to an aromatic ring is 1. The molecule has 6 heteroatoms. The van der Waals surface area contributed by atoms with Gasteiger partial charge in [-0.2, -0.15) is 0 Å². The van der Waals surface area contributed by atoms with E-state index in [1.807, 2.05) is 0 Å². The molecule has 0 radical (unpaired) electrons. The maximum absolute atomic E-state index is 13.3. The minimum absolute atomic E-state index is 0.0191. The number of hydrogen-bond donors (Lipinski definition) is 1. The maximum Gasteiger partial charge on any atom is 0.256 e. The van der Waals surface area contributed by atoms with Gasteiger partial charge in [-0.05, 0) is 25.0 Å². The molecule has 2 rings (SSSR count). The molecule has 108 valence electrons. The molecule has 0 spiro atoms. The number of rotatable bonds is 3. The predicted octanol–water partition coefficient (Wildman–Crippen LogP) is 1.10. The fraction of sp³-hybridized carbons (Fsp3) is 0.429. The van der Waals surface area contributed by atoms with Gasteiger partial charge in [0.1, 0.15) is 5.82 Å². The Bertz CT molecular complexity index is 527. The zero-order chi connectivity index (χ0) is 14.7. The van der Waals surface area contributed by atoms with Crippen molar-refractivity contribution in [3.63, 3.8) is 0 Å². The molecular weight excluding hydrogens is 261 g/mol. The largest absolute Gasteiger partial charge is 0.396 e. The predicted molar refractivity (Wildman–Crippen MR) is 73.6 cm³/mol. The first kappa shape index (κ1) is 14.3. The van der Waals surface area contributed by atoms with E-state index in [0.717, 1.165) is 25.9 Å². The lowest BCUT2D eigenvalue weighted by atomic mass is 10.1. The van der Waals surface area contributed by atoms with Crippen LogP contribution in [0.25, 0.3) is 0 Å². The Morgan fingerprint density at radius 1 is 1.35 bits per heavy atom. The van der Waals surface area contributed by atoms with E-state index >= 15 is 0 Å². The average Bonchev–Trinajstić information content (AvgIpc) is 2.95. The summed E-state index contributed by atoms with van der Waals surface area (Å²) < 4.78 is 13.3. The Balaban J connectivity index is 2.04. The van der Waals surface area contributed by atoms with Gasteiger partial charge in [-0.1, -0.05) is 6.07 Å². The Kier molecular flexibility index (Phi) is 4.22. The van der Waals surface area contributed by atoms with Crippen LogP contribution in [-0.4, -0.2) is 48.3 Å². The van der Waals surface area contributed by atoms with Gasteiger partial charge in [0.15, 0.2) is 0 Å². The zero-order valence-corrected chi connectivity index (χ0v) is 11.4. The Morgan fingerprint density at radius 2 is 2.00 bits per heavy atom. The lowest BCUT2D eigenvalue weighted by Crippen LogP contribution is -2.40. The number of amides is 2. The van der Waals surface area contributed by atoms with Crippen LogP contribution in [0.2, 0.25) is 0 Å². The lowest BCUT2D eigenvalue weighted by Gasteiger charge is -2.21. The first-order valence-corrected chi connectivity index (χ1v) is 6.58. The topological polar surface area (TPSA) is 66.6 Å². The number of carbonyl (C=O) groups is 2. The summed E-state index contributed by atoms with van der Waals surface area (Å²) in [5, 5.41) is 0. The third-order valence-electron chi connectivity index (χ3n) is 3.46. The van der Waals surface area contributed by atoms with Crippen LogP contribution >= 0.6 is 0 Å². The van der Waals surface area contributed by atoms with Crippen LogP contribution < -0.4 is 5.73 Å². The number of carbonyl (C=O) groups excluding carboxylic acids is 2. The van der Waals surface area contributed by atoms with E-state index in [-0.39, 0.29) is 23.7 Å². The first-order chi connectivity index (χ1) is 9.50. The minimum atomic E-state index is -0.630. The molecule has 1 aliphatic rings. The van der Waals surface area contributed by atoms with Crippen LogP contribution in [0.1, 0.15) is 23.2 Å². The normalized spacial score (nSPS) is 14.4. The summed E-state index contributed by atoms with van der Waals surface area (Å²) in [6.45, 7) is 1.46. The van der Waals surface area contributed by atoms with Gasteiger partial charge in [0, 0.05) is 20.1 Å². The van der Waals surface area contributed by atoms with Gasteiger partial charge in [-0.15, -0.1) is 0 Å². The fourth-order valence-electron chi connectivity index (χ4n) is 2.27. The van der Waals surface area contributed by atoms with Crippen molar-refractivity contribution in [3.8, 4) is 0 Å². The first-order valence-electron chi connectivity index (χ1n) is 6.58. The monoisotopic (exact) mass is 279 g/mol. The summed E-state index contributed by atoms with van der Waals surface area (Å²) in [7, 11) is 1.51. The van der Waals surface area contributed by atoms with E-state index in [2.05, 4.69) is 0 Å². The summed E-state index contributed by atoms with van der Waals surface area (Å²) in [6.07, 6.45) is 2.00. The van der Waals surface area contributed by atoms with Gasteiger partial charge in [0.05, 0.1) is 17.8 Å². The lowest BCUT2D eigenvalue weighted by molar-refractivity contribution is -0.130. The number of halogens is 1. The van der Waals surface area contributed by atoms with Gasteiger partial charge < -0.3 is 15.5 Å². The molecule has 0 saturated carbocycles. The number of nitrogens with zero attached hydrogens (tertiary/aromatic N) is 2. The molecule has 1 aliphatic heterocycles. The molecule has 1 aromatic carbocycles. The highest BCUT2D eigenvalue weighted by molar-refractivity contribution is 6.00. The highest BCUT2D eigenvalue weighted by Gasteiger charge is 2.23. The molecule has 1 heterocycles. The third kappa shape index (κ3) is 2.89.